The van der Waals surface area contributed by atoms with E-state index in [1.807, 2.05) is 0 Å². The summed E-state index contributed by atoms with van der Waals surface area (Å²) in [6.07, 6.45) is 34.7. The van der Waals surface area contributed by atoms with E-state index >= 15 is 0 Å². The number of allylic oxidation sites excluding steroid dienone is 2. The lowest BCUT2D eigenvalue weighted by atomic mass is 9.87. The van der Waals surface area contributed by atoms with Gasteiger partial charge in [0.25, 0.3) is 0 Å². The Morgan fingerprint density at radius 3 is 1.08 bits per heavy atom. The molecule has 51 heavy (non-hydrogen) atoms. The van der Waals surface area contributed by atoms with Crippen molar-refractivity contribution < 1.29 is 4.70 Å². The molecular formula is C49H78N2. The van der Waals surface area contributed by atoms with Gasteiger partial charge < -0.3 is 5.53 Å². The Kier molecular flexibility index (Phi) is 20.8. The Labute approximate surface area is 316 Å². The number of aryl methyl sites for hydroxylation is 4. The van der Waals surface area contributed by atoms with E-state index in [9.17, 15) is 5.53 Å². The molecule has 0 fully saturated rings. The molecule has 2 aromatic rings. The molecule has 0 saturated heterocycles. The Morgan fingerprint density at radius 2 is 0.745 bits per heavy atom. The number of benzene rings is 2. The zero-order chi connectivity index (χ0) is 36.8. The fourth-order valence-electron chi connectivity index (χ4n) is 8.27. The Bertz CT molecular complexity index is 1320. The summed E-state index contributed by atoms with van der Waals surface area (Å²) in [4.78, 5) is 0. The van der Waals surface area contributed by atoms with E-state index in [0.717, 1.165) is 37.1 Å². The first-order valence-corrected chi connectivity index (χ1v) is 22.1. The van der Waals surface area contributed by atoms with E-state index < -0.39 is 0 Å². The predicted octanol–water partition coefficient (Wildman–Crippen LogP) is 15.7. The molecule has 1 aliphatic rings. The summed E-state index contributed by atoms with van der Waals surface area (Å²) in [5, 5.41) is 0. The molecule has 0 saturated carbocycles. The predicted molar refractivity (Wildman–Crippen MR) is 226 cm³/mol. The summed E-state index contributed by atoms with van der Waals surface area (Å²) < 4.78 is 1.57. The maximum atomic E-state index is 12.2. The van der Waals surface area contributed by atoms with Crippen LogP contribution in [0.5, 0.6) is 0 Å². The minimum atomic E-state index is 0.957. The molecule has 284 valence electrons. The third-order valence-corrected chi connectivity index (χ3v) is 11.4. The van der Waals surface area contributed by atoms with Crippen molar-refractivity contribution >= 4 is 11.4 Å². The van der Waals surface area contributed by atoms with Gasteiger partial charge in [-0.1, -0.05) is 131 Å². The second-order valence-corrected chi connectivity index (χ2v) is 15.9. The van der Waals surface area contributed by atoms with Crippen molar-refractivity contribution in [2.24, 2.45) is 0 Å². The van der Waals surface area contributed by atoms with Gasteiger partial charge in [0.05, 0.1) is 0 Å². The lowest BCUT2D eigenvalue weighted by Crippen LogP contribution is -2.09. The highest BCUT2D eigenvalue weighted by Gasteiger charge is 2.29. The molecule has 2 aromatic carbocycles. The van der Waals surface area contributed by atoms with Crippen LogP contribution in [0.25, 0.3) is 16.9 Å². The minimum absolute atomic E-state index is 0.957. The van der Waals surface area contributed by atoms with Crippen molar-refractivity contribution in [3.05, 3.63) is 86.0 Å². The van der Waals surface area contributed by atoms with Gasteiger partial charge in [0, 0.05) is 22.8 Å². The molecule has 0 aromatic heterocycles. The van der Waals surface area contributed by atoms with Gasteiger partial charge in [-0.2, -0.15) is 0 Å². The molecule has 0 atom stereocenters. The molecule has 0 unspecified atom stereocenters. The van der Waals surface area contributed by atoms with Crippen LogP contribution in [0.15, 0.2) is 35.9 Å². The molecule has 1 heterocycles. The number of unbranched alkanes of at least 4 members (excludes halogenated alkanes) is 14. The molecule has 0 radical (unpaired) electrons. The first-order chi connectivity index (χ1) is 24.9. The first kappa shape index (κ1) is 42.9. The van der Waals surface area contributed by atoms with Crippen LogP contribution in [0.4, 0.5) is 0 Å². The number of hydrogen-bond acceptors (Lipinski definition) is 0. The van der Waals surface area contributed by atoms with Crippen LogP contribution in [-0.2, 0) is 38.5 Å². The summed E-state index contributed by atoms with van der Waals surface area (Å²) >= 11 is 0. The quantitative estimate of drug-likeness (QED) is 0.0626. The van der Waals surface area contributed by atoms with Gasteiger partial charge in [-0.15, -0.1) is 0 Å². The molecule has 2 nitrogen and oxygen atoms in total. The molecule has 1 aliphatic heterocycles. The van der Waals surface area contributed by atoms with Crippen molar-refractivity contribution in [2.45, 2.75) is 215 Å². The van der Waals surface area contributed by atoms with Crippen LogP contribution < -0.4 is 0 Å². The van der Waals surface area contributed by atoms with Gasteiger partial charge >= 0.3 is 0 Å². The van der Waals surface area contributed by atoms with E-state index in [0.29, 0.717) is 0 Å². The van der Waals surface area contributed by atoms with E-state index in [-0.39, 0.29) is 0 Å². The highest BCUT2D eigenvalue weighted by atomic mass is 15.2. The molecule has 0 aliphatic carbocycles. The molecule has 0 bridgehead atoms. The summed E-state index contributed by atoms with van der Waals surface area (Å²) in [5.41, 5.74) is 27.1. The van der Waals surface area contributed by atoms with Crippen molar-refractivity contribution in [3.63, 3.8) is 0 Å². The average molecular weight is 695 g/mol. The van der Waals surface area contributed by atoms with Crippen LogP contribution in [0, 0.1) is 0 Å². The van der Waals surface area contributed by atoms with E-state index in [2.05, 4.69) is 78.8 Å². The van der Waals surface area contributed by atoms with Gasteiger partial charge in [0.2, 0.25) is 11.4 Å². The van der Waals surface area contributed by atoms with Gasteiger partial charge in [0.1, 0.15) is 0 Å². The van der Waals surface area contributed by atoms with Crippen LogP contribution in [0.1, 0.15) is 221 Å². The second kappa shape index (κ2) is 24.7. The third kappa shape index (κ3) is 13.5. The second-order valence-electron chi connectivity index (χ2n) is 15.9. The molecule has 0 spiro atoms. The third-order valence-electron chi connectivity index (χ3n) is 11.4. The van der Waals surface area contributed by atoms with Gasteiger partial charge in [-0.05, 0) is 142 Å². The number of hydrogen-bond donors (Lipinski definition) is 0. The Morgan fingerprint density at radius 1 is 0.412 bits per heavy atom. The standard InChI is InChI=1S/C49H78N2/c1-8-14-20-24-28-40-35-44(36-41(29-25-21-15-9-2)46(40)32-18-12-5)48-34-39(7)49(51(48)50)45-37-42(30-26-22-16-10-3)47(33-19-13-6)43(38-45)31-27-23-17-11-4/h34-38H,8-33H2,1-7H3. The fraction of sp³-hybridized carbons (Fsp3) is 0.673. The molecule has 0 N–H and O–H groups in total. The fourth-order valence-corrected chi connectivity index (χ4v) is 8.27. The van der Waals surface area contributed by atoms with Crippen molar-refractivity contribution in [1.29, 1.82) is 0 Å². The summed E-state index contributed by atoms with van der Waals surface area (Å²) in [7, 11) is 0. The maximum absolute atomic E-state index is 12.2. The van der Waals surface area contributed by atoms with E-state index in [1.54, 1.807) is 15.8 Å². The Hall–Kier alpha value is -2.48. The number of nitrogens with zero attached hydrogens (tertiary/aromatic N) is 2. The van der Waals surface area contributed by atoms with Gasteiger partial charge in [0.15, 0.2) is 0 Å². The summed E-state index contributed by atoms with van der Waals surface area (Å²) in [6, 6.07) is 9.86. The lowest BCUT2D eigenvalue weighted by molar-refractivity contribution is -0.344. The van der Waals surface area contributed by atoms with Crippen molar-refractivity contribution in [2.75, 3.05) is 0 Å². The van der Waals surface area contributed by atoms with Gasteiger partial charge in [-0.3, -0.25) is 0 Å². The highest BCUT2D eigenvalue weighted by molar-refractivity contribution is 5.79. The summed E-state index contributed by atoms with van der Waals surface area (Å²) in [6.45, 7) is 16.1. The zero-order valence-corrected chi connectivity index (χ0v) is 34.7. The highest BCUT2D eigenvalue weighted by Crippen LogP contribution is 2.39. The van der Waals surface area contributed by atoms with Gasteiger partial charge in [-0.25, -0.2) is 4.70 Å². The van der Waals surface area contributed by atoms with Crippen molar-refractivity contribution in [3.8, 4) is 0 Å². The largest absolute Gasteiger partial charge is 0.493 e. The maximum Gasteiger partial charge on any atom is 0.210 e. The van der Waals surface area contributed by atoms with Crippen LogP contribution in [-0.4, -0.2) is 4.70 Å². The van der Waals surface area contributed by atoms with Crippen molar-refractivity contribution in [1.82, 2.24) is 0 Å². The SMILES string of the molecule is CCCCCCc1cc(C2=CC(C)=C(c3cc(CCCCCC)c(CCCC)c(CCCCCC)c3)[N+]2=[N-])cc(CCCCCC)c1CCCC. The summed E-state index contributed by atoms with van der Waals surface area (Å²) in [5.74, 6) is 0. The zero-order valence-electron chi connectivity index (χ0n) is 34.7. The molecular weight excluding hydrogens is 617 g/mol. The molecule has 3 rings (SSSR count). The molecule has 0 amide bonds. The first-order valence-electron chi connectivity index (χ1n) is 22.1. The molecule has 2 heteroatoms. The van der Waals surface area contributed by atoms with E-state index in [4.69, 9.17) is 0 Å². The van der Waals surface area contributed by atoms with E-state index in [1.165, 1.54) is 180 Å². The normalized spacial score (nSPS) is 13.2. The Balaban J connectivity index is 2.06. The average Bonchev–Trinajstić information content (AvgIpc) is 3.43. The monoisotopic (exact) mass is 695 g/mol. The van der Waals surface area contributed by atoms with Crippen LogP contribution in [0.3, 0.4) is 0 Å². The number of rotatable bonds is 28. The van der Waals surface area contributed by atoms with Crippen LogP contribution >= 0.6 is 0 Å². The topological polar surface area (TPSA) is 25.3 Å². The smallest absolute Gasteiger partial charge is 0.210 e. The lowest BCUT2D eigenvalue weighted by Gasteiger charge is -2.20. The minimum Gasteiger partial charge on any atom is -0.493 e. The van der Waals surface area contributed by atoms with Crippen LogP contribution in [0.2, 0.25) is 0 Å².